The Labute approximate surface area is 95.6 Å². The van der Waals surface area contributed by atoms with Gasteiger partial charge in [0.1, 0.15) is 0 Å². The van der Waals surface area contributed by atoms with E-state index in [-0.39, 0.29) is 0 Å². The number of hydrogen-bond acceptors (Lipinski definition) is 3. The molecule has 0 amide bonds. The van der Waals surface area contributed by atoms with E-state index < -0.39 is 0 Å². The second-order valence-corrected chi connectivity index (χ2v) is 3.84. The lowest BCUT2D eigenvalue weighted by Gasteiger charge is -2.06. The van der Waals surface area contributed by atoms with E-state index in [1.165, 1.54) is 5.56 Å². The second kappa shape index (κ2) is 4.31. The molecule has 0 unspecified atom stereocenters. The van der Waals surface area contributed by atoms with E-state index in [1.54, 1.807) is 0 Å². The van der Waals surface area contributed by atoms with Gasteiger partial charge in [0, 0.05) is 18.3 Å². The van der Waals surface area contributed by atoms with Crippen LogP contribution in [-0.4, -0.2) is 17.0 Å². The van der Waals surface area contributed by atoms with Gasteiger partial charge >= 0.3 is 0 Å². The monoisotopic (exact) mass is 213 g/mol. The van der Waals surface area contributed by atoms with Crippen molar-refractivity contribution in [1.29, 1.82) is 0 Å². The van der Waals surface area contributed by atoms with Crippen LogP contribution in [0.25, 0.3) is 11.3 Å². The highest BCUT2D eigenvalue weighted by molar-refractivity contribution is 5.61. The van der Waals surface area contributed by atoms with Crippen LogP contribution >= 0.6 is 0 Å². The van der Waals surface area contributed by atoms with Gasteiger partial charge in [-0.25, -0.2) is 9.97 Å². The summed E-state index contributed by atoms with van der Waals surface area (Å²) in [6, 6.07) is 10.3. The van der Waals surface area contributed by atoms with Crippen LogP contribution in [0.5, 0.6) is 0 Å². The first kappa shape index (κ1) is 10.6. The highest BCUT2D eigenvalue weighted by Crippen LogP contribution is 2.19. The van der Waals surface area contributed by atoms with Gasteiger partial charge in [-0.3, -0.25) is 0 Å². The Hall–Kier alpha value is -1.90. The zero-order valence-corrected chi connectivity index (χ0v) is 9.78. The van der Waals surface area contributed by atoms with Crippen LogP contribution < -0.4 is 5.32 Å². The standard InChI is InChI=1S/C13H15N3/c1-9-5-4-6-11(7-9)12-8-10(2)15-13(14-3)16-12/h4-8H,1-3H3,(H,14,15,16). The summed E-state index contributed by atoms with van der Waals surface area (Å²) in [5, 5.41) is 2.97. The third-order valence-electron chi connectivity index (χ3n) is 2.39. The van der Waals surface area contributed by atoms with Crippen LogP contribution in [0.15, 0.2) is 30.3 Å². The van der Waals surface area contributed by atoms with Crippen LogP contribution in [0.1, 0.15) is 11.3 Å². The molecule has 0 fully saturated rings. The maximum absolute atomic E-state index is 4.44. The molecule has 0 aliphatic carbocycles. The van der Waals surface area contributed by atoms with Gasteiger partial charge in [-0.1, -0.05) is 23.8 Å². The molecule has 0 saturated carbocycles. The highest BCUT2D eigenvalue weighted by Gasteiger charge is 2.03. The Morgan fingerprint density at radius 3 is 2.56 bits per heavy atom. The summed E-state index contributed by atoms with van der Waals surface area (Å²) < 4.78 is 0. The molecule has 0 saturated heterocycles. The Balaban J connectivity index is 2.51. The Morgan fingerprint density at radius 2 is 1.88 bits per heavy atom. The molecule has 0 bridgehead atoms. The fourth-order valence-electron chi connectivity index (χ4n) is 1.63. The number of anilines is 1. The third kappa shape index (κ3) is 2.19. The fourth-order valence-corrected chi connectivity index (χ4v) is 1.63. The maximum Gasteiger partial charge on any atom is 0.223 e. The molecule has 1 aromatic carbocycles. The van der Waals surface area contributed by atoms with Crippen LogP contribution in [0.2, 0.25) is 0 Å². The molecule has 1 aromatic heterocycles. The number of hydrogen-bond donors (Lipinski definition) is 1. The quantitative estimate of drug-likeness (QED) is 0.833. The minimum absolute atomic E-state index is 0.663. The summed E-state index contributed by atoms with van der Waals surface area (Å²) in [6.07, 6.45) is 0. The topological polar surface area (TPSA) is 37.8 Å². The molecule has 3 nitrogen and oxygen atoms in total. The third-order valence-corrected chi connectivity index (χ3v) is 2.39. The van der Waals surface area contributed by atoms with Crippen LogP contribution in [0.4, 0.5) is 5.95 Å². The van der Waals surface area contributed by atoms with Gasteiger partial charge in [0.25, 0.3) is 0 Å². The van der Waals surface area contributed by atoms with Crippen molar-refractivity contribution in [3.8, 4) is 11.3 Å². The van der Waals surface area contributed by atoms with E-state index in [0.29, 0.717) is 5.95 Å². The second-order valence-electron chi connectivity index (χ2n) is 3.84. The van der Waals surface area contributed by atoms with E-state index in [0.717, 1.165) is 17.0 Å². The normalized spacial score (nSPS) is 10.2. The average molecular weight is 213 g/mol. The molecule has 2 rings (SSSR count). The van der Waals surface area contributed by atoms with Crippen molar-refractivity contribution in [3.63, 3.8) is 0 Å². The SMILES string of the molecule is CNc1nc(C)cc(-c2cccc(C)c2)n1. The smallest absolute Gasteiger partial charge is 0.223 e. The van der Waals surface area contributed by atoms with Gasteiger partial charge in [-0.15, -0.1) is 0 Å². The number of nitrogens with zero attached hydrogens (tertiary/aromatic N) is 2. The Kier molecular flexibility index (Phi) is 2.86. The molecule has 0 aliphatic rings. The Bertz CT molecular complexity index is 506. The molecule has 16 heavy (non-hydrogen) atoms. The van der Waals surface area contributed by atoms with Crippen molar-refractivity contribution >= 4 is 5.95 Å². The summed E-state index contributed by atoms with van der Waals surface area (Å²) in [5.41, 5.74) is 4.29. The van der Waals surface area contributed by atoms with Crippen LogP contribution in [0, 0.1) is 13.8 Å². The van der Waals surface area contributed by atoms with Crippen LogP contribution in [0.3, 0.4) is 0 Å². The van der Waals surface area contributed by atoms with Gasteiger partial charge in [-0.05, 0) is 26.0 Å². The van der Waals surface area contributed by atoms with Gasteiger partial charge < -0.3 is 5.32 Å². The number of aromatic nitrogens is 2. The molecule has 0 atom stereocenters. The summed E-state index contributed by atoms with van der Waals surface area (Å²) in [4.78, 5) is 8.72. The van der Waals surface area contributed by atoms with E-state index in [4.69, 9.17) is 0 Å². The van der Waals surface area contributed by atoms with E-state index in [1.807, 2.05) is 26.1 Å². The number of nitrogens with one attached hydrogen (secondary N) is 1. The summed E-state index contributed by atoms with van der Waals surface area (Å²) in [7, 11) is 1.83. The molecule has 3 heteroatoms. The van der Waals surface area contributed by atoms with E-state index in [9.17, 15) is 0 Å². The van der Waals surface area contributed by atoms with Gasteiger partial charge in [-0.2, -0.15) is 0 Å². The lowest BCUT2D eigenvalue weighted by Crippen LogP contribution is -1.99. The molecule has 0 spiro atoms. The van der Waals surface area contributed by atoms with Crippen molar-refractivity contribution in [2.75, 3.05) is 12.4 Å². The molecule has 2 aromatic rings. The number of rotatable bonds is 2. The molecular formula is C13H15N3. The number of benzene rings is 1. The zero-order chi connectivity index (χ0) is 11.5. The molecule has 1 heterocycles. The predicted octanol–water partition coefficient (Wildman–Crippen LogP) is 2.80. The van der Waals surface area contributed by atoms with Crippen molar-refractivity contribution in [2.24, 2.45) is 0 Å². The average Bonchev–Trinajstić information content (AvgIpc) is 2.28. The van der Waals surface area contributed by atoms with Crippen molar-refractivity contribution in [2.45, 2.75) is 13.8 Å². The van der Waals surface area contributed by atoms with Gasteiger partial charge in [0.15, 0.2) is 0 Å². The summed E-state index contributed by atoms with van der Waals surface area (Å²) in [5.74, 6) is 0.663. The Morgan fingerprint density at radius 1 is 1.06 bits per heavy atom. The molecule has 1 N–H and O–H groups in total. The predicted molar refractivity (Wildman–Crippen MR) is 66.5 cm³/mol. The lowest BCUT2D eigenvalue weighted by atomic mass is 10.1. The van der Waals surface area contributed by atoms with E-state index >= 15 is 0 Å². The molecule has 0 radical (unpaired) electrons. The molecule has 82 valence electrons. The number of aryl methyl sites for hydroxylation is 2. The van der Waals surface area contributed by atoms with Crippen molar-refractivity contribution in [1.82, 2.24) is 9.97 Å². The van der Waals surface area contributed by atoms with Crippen LogP contribution in [-0.2, 0) is 0 Å². The molecule has 0 aliphatic heterocycles. The first-order chi connectivity index (χ1) is 7.69. The summed E-state index contributed by atoms with van der Waals surface area (Å²) >= 11 is 0. The largest absolute Gasteiger partial charge is 0.357 e. The minimum atomic E-state index is 0.663. The molecular weight excluding hydrogens is 198 g/mol. The maximum atomic E-state index is 4.44. The van der Waals surface area contributed by atoms with Crippen molar-refractivity contribution in [3.05, 3.63) is 41.6 Å². The van der Waals surface area contributed by atoms with Gasteiger partial charge in [0.05, 0.1) is 5.69 Å². The van der Waals surface area contributed by atoms with E-state index in [2.05, 4.69) is 40.4 Å². The highest BCUT2D eigenvalue weighted by atomic mass is 15.1. The van der Waals surface area contributed by atoms with Crippen molar-refractivity contribution < 1.29 is 0 Å². The zero-order valence-electron chi connectivity index (χ0n) is 9.78. The summed E-state index contributed by atoms with van der Waals surface area (Å²) in [6.45, 7) is 4.05. The minimum Gasteiger partial charge on any atom is -0.357 e. The lowest BCUT2D eigenvalue weighted by molar-refractivity contribution is 1.10. The first-order valence-electron chi connectivity index (χ1n) is 5.29. The first-order valence-corrected chi connectivity index (χ1v) is 5.29. The fraction of sp³-hybridized carbons (Fsp3) is 0.231. The van der Waals surface area contributed by atoms with Gasteiger partial charge in [0.2, 0.25) is 5.95 Å².